The lowest BCUT2D eigenvalue weighted by atomic mass is 9.97. The summed E-state index contributed by atoms with van der Waals surface area (Å²) < 4.78 is 5.10. The second-order valence-electron chi connectivity index (χ2n) is 5.26. The number of ketones is 2. The van der Waals surface area contributed by atoms with Crippen LogP contribution >= 0.6 is 0 Å². The van der Waals surface area contributed by atoms with Gasteiger partial charge in [-0.1, -0.05) is 0 Å². The molecule has 0 aromatic carbocycles. The molecular formula is C14H27N3O5. The summed E-state index contributed by atoms with van der Waals surface area (Å²) >= 11 is 0. The zero-order valence-electron chi connectivity index (χ0n) is 14.0. The van der Waals surface area contributed by atoms with Crippen molar-refractivity contribution in [3.63, 3.8) is 0 Å². The molecule has 0 aliphatic heterocycles. The summed E-state index contributed by atoms with van der Waals surface area (Å²) in [4.78, 5) is 34.7. The van der Waals surface area contributed by atoms with Gasteiger partial charge in [0.1, 0.15) is 18.4 Å². The molecule has 0 heterocycles. The minimum atomic E-state index is -1.43. The monoisotopic (exact) mass is 317 g/mol. The van der Waals surface area contributed by atoms with Crippen LogP contribution < -0.4 is 16.0 Å². The van der Waals surface area contributed by atoms with Gasteiger partial charge in [0, 0.05) is 6.04 Å². The van der Waals surface area contributed by atoms with Crippen molar-refractivity contribution in [2.45, 2.75) is 38.6 Å². The van der Waals surface area contributed by atoms with Crippen LogP contribution in [0.25, 0.3) is 0 Å². The predicted molar refractivity (Wildman–Crippen MR) is 81.2 cm³/mol. The molecule has 0 spiro atoms. The minimum Gasteiger partial charge on any atom is -0.461 e. The van der Waals surface area contributed by atoms with E-state index in [-0.39, 0.29) is 12.6 Å². The first kappa shape index (κ1) is 20.6. The Hall–Kier alpha value is -1.35. The summed E-state index contributed by atoms with van der Waals surface area (Å²) in [6.07, 6.45) is -0.937. The van der Waals surface area contributed by atoms with Gasteiger partial charge in [-0.25, -0.2) is 0 Å². The lowest BCUT2D eigenvalue weighted by Gasteiger charge is -2.39. The number of esters is 1. The maximum Gasteiger partial charge on any atom is 0.324 e. The van der Waals surface area contributed by atoms with E-state index in [9.17, 15) is 19.5 Å². The zero-order chi connectivity index (χ0) is 17.5. The molecule has 0 radical (unpaired) electrons. The Labute approximate surface area is 131 Å². The van der Waals surface area contributed by atoms with Gasteiger partial charge in [-0.2, -0.15) is 0 Å². The largest absolute Gasteiger partial charge is 0.461 e. The van der Waals surface area contributed by atoms with E-state index < -0.39 is 35.2 Å². The van der Waals surface area contributed by atoms with Gasteiger partial charge in [0.2, 0.25) is 0 Å². The fourth-order valence-corrected chi connectivity index (χ4v) is 2.12. The normalized spacial score (nSPS) is 14.5. The summed E-state index contributed by atoms with van der Waals surface area (Å²) in [5, 5.41) is 19.1. The highest BCUT2D eigenvalue weighted by Crippen LogP contribution is 2.13. The number of likely N-dealkylation sites (N-methyl/N-ethyl adjacent to an activating group) is 3. The van der Waals surface area contributed by atoms with Gasteiger partial charge in [-0.05, 0) is 41.9 Å². The number of nitrogens with one attached hydrogen (secondary N) is 3. The van der Waals surface area contributed by atoms with Gasteiger partial charge in [-0.3, -0.25) is 25.0 Å². The maximum absolute atomic E-state index is 11.9. The van der Waals surface area contributed by atoms with Crippen molar-refractivity contribution in [3.05, 3.63) is 0 Å². The van der Waals surface area contributed by atoms with Crippen molar-refractivity contribution in [1.82, 2.24) is 16.0 Å². The maximum atomic E-state index is 11.9. The van der Waals surface area contributed by atoms with Gasteiger partial charge >= 0.3 is 5.97 Å². The van der Waals surface area contributed by atoms with Crippen LogP contribution in [0.3, 0.4) is 0 Å². The first-order valence-corrected chi connectivity index (χ1v) is 7.07. The summed E-state index contributed by atoms with van der Waals surface area (Å²) in [5.41, 5.74) is -1.11. The van der Waals surface area contributed by atoms with Crippen molar-refractivity contribution in [2.75, 3.05) is 27.7 Å². The van der Waals surface area contributed by atoms with E-state index in [1.165, 1.54) is 0 Å². The molecule has 0 fully saturated rings. The number of rotatable bonds is 10. The van der Waals surface area contributed by atoms with E-state index in [2.05, 4.69) is 16.0 Å². The molecule has 0 aliphatic carbocycles. The van der Waals surface area contributed by atoms with E-state index in [1.54, 1.807) is 28.1 Å². The third-order valence-electron chi connectivity index (χ3n) is 3.82. The van der Waals surface area contributed by atoms with Crippen LogP contribution in [0.1, 0.15) is 20.8 Å². The van der Waals surface area contributed by atoms with Crippen LogP contribution in [0.15, 0.2) is 0 Å². The average Bonchev–Trinajstić information content (AvgIpc) is 2.46. The van der Waals surface area contributed by atoms with E-state index in [0.29, 0.717) is 0 Å². The number of Topliss-reactive ketones (excluding diaryl/α,β-unsaturated/α-hetero) is 2. The number of hydrogen-bond donors (Lipinski definition) is 4. The summed E-state index contributed by atoms with van der Waals surface area (Å²) in [5.74, 6) is -3.48. The molecule has 0 amide bonds. The third-order valence-corrected chi connectivity index (χ3v) is 3.82. The summed E-state index contributed by atoms with van der Waals surface area (Å²) in [6, 6.07) is -0.296. The van der Waals surface area contributed by atoms with Crippen molar-refractivity contribution < 1.29 is 24.2 Å². The predicted octanol–water partition coefficient (Wildman–Crippen LogP) is -1.57. The fourth-order valence-electron chi connectivity index (χ4n) is 2.12. The minimum absolute atomic E-state index is 0.247. The lowest BCUT2D eigenvalue weighted by Crippen LogP contribution is -2.69. The molecule has 128 valence electrons. The van der Waals surface area contributed by atoms with Gasteiger partial charge in [0.05, 0.1) is 0 Å². The van der Waals surface area contributed by atoms with Gasteiger partial charge in [0.25, 0.3) is 0 Å². The molecular weight excluding hydrogens is 290 g/mol. The van der Waals surface area contributed by atoms with Gasteiger partial charge in [0.15, 0.2) is 17.5 Å². The number of aliphatic hydroxyl groups excluding tert-OH is 1. The van der Waals surface area contributed by atoms with Crippen molar-refractivity contribution in [1.29, 1.82) is 0 Å². The molecule has 0 bridgehead atoms. The molecule has 0 aliphatic rings. The SMILES string of the molecule is CNC(C)C(O)C(COC(=O)C(C(C)=O)C(C)=O)(NC)NC. The molecule has 2 unspecified atom stereocenters. The Kier molecular flexibility index (Phi) is 8.39. The Morgan fingerprint density at radius 1 is 1.09 bits per heavy atom. The van der Waals surface area contributed by atoms with E-state index in [0.717, 1.165) is 13.8 Å². The molecule has 0 rings (SSSR count). The summed E-state index contributed by atoms with van der Waals surface area (Å²) in [7, 11) is 4.89. The van der Waals surface area contributed by atoms with E-state index >= 15 is 0 Å². The first-order valence-electron chi connectivity index (χ1n) is 7.07. The highest BCUT2D eigenvalue weighted by molar-refractivity contribution is 6.15. The van der Waals surface area contributed by atoms with E-state index in [1.807, 2.05) is 0 Å². The lowest BCUT2D eigenvalue weighted by molar-refractivity contribution is -0.158. The van der Waals surface area contributed by atoms with Crippen LogP contribution in [0.2, 0.25) is 0 Å². The Morgan fingerprint density at radius 2 is 1.55 bits per heavy atom. The Morgan fingerprint density at radius 3 is 1.86 bits per heavy atom. The zero-order valence-corrected chi connectivity index (χ0v) is 14.0. The standard InChI is InChI=1S/C14H27N3O5/c1-8(15-4)12(20)14(16-5,17-6)7-22-13(21)11(9(2)18)10(3)19/h8,11-12,15-17,20H,7H2,1-6H3. The second kappa shape index (κ2) is 8.94. The van der Waals surface area contributed by atoms with Gasteiger partial charge < -0.3 is 15.2 Å². The van der Waals surface area contributed by atoms with Crippen molar-refractivity contribution >= 4 is 17.5 Å². The highest BCUT2D eigenvalue weighted by Gasteiger charge is 2.40. The van der Waals surface area contributed by atoms with Crippen LogP contribution in [0, 0.1) is 5.92 Å². The molecule has 4 N–H and O–H groups in total. The molecule has 0 saturated carbocycles. The third kappa shape index (κ3) is 4.84. The molecule has 0 saturated heterocycles. The molecule has 8 nitrogen and oxygen atoms in total. The van der Waals surface area contributed by atoms with Crippen LogP contribution in [0.4, 0.5) is 0 Å². The fraction of sp³-hybridized carbons (Fsp3) is 0.786. The smallest absolute Gasteiger partial charge is 0.324 e. The van der Waals surface area contributed by atoms with Gasteiger partial charge in [-0.15, -0.1) is 0 Å². The summed E-state index contributed by atoms with van der Waals surface area (Å²) in [6.45, 7) is 3.84. The van der Waals surface area contributed by atoms with Crippen LogP contribution in [-0.2, 0) is 19.1 Å². The topological polar surface area (TPSA) is 117 Å². The van der Waals surface area contributed by atoms with Crippen molar-refractivity contribution in [3.8, 4) is 0 Å². The van der Waals surface area contributed by atoms with Crippen LogP contribution in [0.5, 0.6) is 0 Å². The average molecular weight is 317 g/mol. The quantitative estimate of drug-likeness (QED) is 0.217. The second-order valence-corrected chi connectivity index (χ2v) is 5.26. The Bertz CT molecular complexity index is 395. The molecule has 2 atom stereocenters. The highest BCUT2D eigenvalue weighted by atomic mass is 16.5. The first-order chi connectivity index (χ1) is 10.2. The molecule has 0 aromatic rings. The number of hydrogen-bond acceptors (Lipinski definition) is 8. The van der Waals surface area contributed by atoms with Crippen LogP contribution in [-0.4, -0.2) is 68.2 Å². The van der Waals surface area contributed by atoms with E-state index in [4.69, 9.17) is 4.74 Å². The molecule has 8 heteroatoms. The number of aliphatic hydroxyl groups is 1. The number of ether oxygens (including phenoxy) is 1. The molecule has 22 heavy (non-hydrogen) atoms. The van der Waals surface area contributed by atoms with Crippen molar-refractivity contribution in [2.24, 2.45) is 5.92 Å². The Balaban J connectivity index is 5.10. The number of carbonyl (C=O) groups is 3. The molecule has 0 aromatic heterocycles. The number of carbonyl (C=O) groups excluding carboxylic acids is 3.